The molecule has 0 bridgehead atoms. The van der Waals surface area contributed by atoms with Crippen LogP contribution in [0.5, 0.6) is 0 Å². The largest absolute Gasteiger partial charge is 0.352 e. The molecule has 0 radical (unpaired) electrons. The maximum absolute atomic E-state index is 8.92. The van der Waals surface area contributed by atoms with E-state index in [0.29, 0.717) is 34.8 Å². The number of benzene rings is 1. The van der Waals surface area contributed by atoms with Gasteiger partial charge in [0.25, 0.3) is 0 Å². The Kier molecular flexibility index (Phi) is 8.39. The zero-order valence-electron chi connectivity index (χ0n) is 13.3. The third kappa shape index (κ3) is 5.30. The van der Waals surface area contributed by atoms with Gasteiger partial charge in [0.1, 0.15) is 5.15 Å². The molecule has 2 aromatic rings. The number of nitrogens with one attached hydrogen (secondary N) is 2. The van der Waals surface area contributed by atoms with Crippen molar-refractivity contribution in [1.82, 2.24) is 15.2 Å². The smallest absolute Gasteiger partial charge is 0.191 e. The average Bonchev–Trinajstić information content (AvgIpc) is 2.82. The third-order valence-corrected chi connectivity index (χ3v) is 4.23. The van der Waals surface area contributed by atoms with Gasteiger partial charge in [-0.2, -0.15) is 5.26 Å². The van der Waals surface area contributed by atoms with Crippen LogP contribution in [0.25, 0.3) is 0 Å². The minimum Gasteiger partial charge on any atom is -0.352 e. The predicted octanol–water partition coefficient (Wildman–Crippen LogP) is 3.69. The molecule has 0 saturated carbocycles. The number of hydrogen-bond donors (Lipinski definition) is 2. The molecule has 128 valence electrons. The van der Waals surface area contributed by atoms with E-state index in [2.05, 4.69) is 21.7 Å². The highest BCUT2D eigenvalue weighted by Gasteiger charge is 2.09. The summed E-state index contributed by atoms with van der Waals surface area (Å²) >= 11 is 12.0. The van der Waals surface area contributed by atoms with Crippen LogP contribution >= 0.6 is 47.2 Å². The Morgan fingerprint density at radius 1 is 1.25 bits per heavy atom. The van der Waals surface area contributed by atoms with Crippen LogP contribution < -0.4 is 10.6 Å². The van der Waals surface area contributed by atoms with Gasteiger partial charge in [0.2, 0.25) is 0 Å². The van der Waals surface area contributed by atoms with Crippen molar-refractivity contribution >= 4 is 53.1 Å². The van der Waals surface area contributed by atoms with E-state index in [4.69, 9.17) is 28.5 Å². The van der Waals surface area contributed by atoms with Crippen molar-refractivity contribution in [2.45, 2.75) is 13.1 Å². The molecule has 1 aromatic heterocycles. The third-order valence-electron chi connectivity index (χ3n) is 3.39. The standard InChI is InChI=1S/C16H17Cl2N5.HI/c1-20-16(21-9-12-5-3-4-11(6-12)8-19)22-10-13-7-14(17)15(18)23(13)2;/h3-7H,9-10H2,1-2H3,(H2,20,21,22);1H. The first-order valence-electron chi connectivity index (χ1n) is 6.98. The van der Waals surface area contributed by atoms with E-state index < -0.39 is 0 Å². The van der Waals surface area contributed by atoms with Crippen molar-refractivity contribution in [3.63, 3.8) is 0 Å². The zero-order chi connectivity index (χ0) is 16.8. The second-order valence-corrected chi connectivity index (χ2v) is 5.69. The Morgan fingerprint density at radius 3 is 2.54 bits per heavy atom. The minimum absolute atomic E-state index is 0. The second-order valence-electron chi connectivity index (χ2n) is 4.92. The van der Waals surface area contributed by atoms with E-state index in [1.165, 1.54) is 0 Å². The molecule has 0 unspecified atom stereocenters. The van der Waals surface area contributed by atoms with Crippen molar-refractivity contribution in [2.75, 3.05) is 7.05 Å². The first-order chi connectivity index (χ1) is 11.0. The Labute approximate surface area is 168 Å². The summed E-state index contributed by atoms with van der Waals surface area (Å²) in [5, 5.41) is 16.4. The first kappa shape index (κ1) is 20.6. The van der Waals surface area contributed by atoms with Gasteiger partial charge in [0.05, 0.1) is 23.2 Å². The van der Waals surface area contributed by atoms with Gasteiger partial charge in [-0.15, -0.1) is 24.0 Å². The molecule has 8 heteroatoms. The predicted molar refractivity (Wildman–Crippen MR) is 109 cm³/mol. The molecule has 2 N–H and O–H groups in total. The van der Waals surface area contributed by atoms with E-state index in [1.807, 2.05) is 35.9 Å². The topological polar surface area (TPSA) is 65.1 Å². The summed E-state index contributed by atoms with van der Waals surface area (Å²) in [7, 11) is 3.56. The van der Waals surface area contributed by atoms with Crippen LogP contribution in [0.4, 0.5) is 0 Å². The molecular weight excluding hydrogens is 460 g/mol. The van der Waals surface area contributed by atoms with Crippen LogP contribution in [0.3, 0.4) is 0 Å². The van der Waals surface area contributed by atoms with E-state index in [0.717, 1.165) is 11.3 Å². The molecule has 0 atom stereocenters. The van der Waals surface area contributed by atoms with Crippen molar-refractivity contribution < 1.29 is 0 Å². The van der Waals surface area contributed by atoms with Crippen molar-refractivity contribution in [3.8, 4) is 6.07 Å². The SMILES string of the molecule is CN=C(NCc1cccc(C#N)c1)NCc1cc(Cl)c(Cl)n1C.I. The minimum atomic E-state index is 0. The number of nitriles is 1. The number of hydrogen-bond acceptors (Lipinski definition) is 2. The van der Waals surface area contributed by atoms with Gasteiger partial charge >= 0.3 is 0 Å². The summed E-state index contributed by atoms with van der Waals surface area (Å²) in [4.78, 5) is 4.17. The molecule has 0 spiro atoms. The Morgan fingerprint density at radius 2 is 1.96 bits per heavy atom. The van der Waals surface area contributed by atoms with Crippen LogP contribution in [-0.2, 0) is 20.1 Å². The summed E-state index contributed by atoms with van der Waals surface area (Å²) in [6, 6.07) is 11.4. The Bertz CT molecular complexity index is 764. The highest BCUT2D eigenvalue weighted by molar-refractivity contribution is 14.0. The second kappa shape index (κ2) is 9.77. The zero-order valence-corrected chi connectivity index (χ0v) is 17.1. The maximum Gasteiger partial charge on any atom is 0.191 e. The highest BCUT2D eigenvalue weighted by atomic mass is 127. The van der Waals surface area contributed by atoms with E-state index in [-0.39, 0.29) is 24.0 Å². The van der Waals surface area contributed by atoms with Gasteiger partial charge in [0.15, 0.2) is 5.96 Å². The summed E-state index contributed by atoms with van der Waals surface area (Å²) in [5.74, 6) is 0.654. The maximum atomic E-state index is 8.92. The number of aliphatic imine (C=N–C) groups is 1. The van der Waals surface area contributed by atoms with Crippen molar-refractivity contribution in [3.05, 3.63) is 57.3 Å². The molecule has 0 fully saturated rings. The van der Waals surface area contributed by atoms with Gasteiger partial charge in [-0.1, -0.05) is 35.3 Å². The lowest BCUT2D eigenvalue weighted by atomic mass is 10.1. The van der Waals surface area contributed by atoms with Crippen LogP contribution in [-0.4, -0.2) is 17.6 Å². The van der Waals surface area contributed by atoms with Crippen LogP contribution in [0.2, 0.25) is 10.2 Å². The van der Waals surface area contributed by atoms with Gasteiger partial charge < -0.3 is 15.2 Å². The molecule has 24 heavy (non-hydrogen) atoms. The van der Waals surface area contributed by atoms with Crippen LogP contribution in [0.15, 0.2) is 35.3 Å². The first-order valence-corrected chi connectivity index (χ1v) is 7.74. The monoisotopic (exact) mass is 477 g/mol. The quantitative estimate of drug-likeness (QED) is 0.401. The molecule has 0 aliphatic carbocycles. The lowest BCUT2D eigenvalue weighted by molar-refractivity contribution is 0.750. The number of halogens is 3. The normalized spacial score (nSPS) is 10.7. The Balaban J connectivity index is 0.00000288. The fourth-order valence-electron chi connectivity index (χ4n) is 2.09. The summed E-state index contributed by atoms with van der Waals surface area (Å²) in [6.45, 7) is 1.12. The fraction of sp³-hybridized carbons (Fsp3) is 0.250. The van der Waals surface area contributed by atoms with Crippen molar-refractivity contribution in [2.24, 2.45) is 12.0 Å². The fourth-order valence-corrected chi connectivity index (χ4v) is 2.51. The molecule has 1 aromatic carbocycles. The van der Waals surface area contributed by atoms with E-state index >= 15 is 0 Å². The number of rotatable bonds is 4. The highest BCUT2D eigenvalue weighted by Crippen LogP contribution is 2.24. The van der Waals surface area contributed by atoms with Crippen molar-refractivity contribution in [1.29, 1.82) is 5.26 Å². The van der Waals surface area contributed by atoms with E-state index in [1.54, 1.807) is 13.1 Å². The lowest BCUT2D eigenvalue weighted by Gasteiger charge is -2.12. The molecule has 0 aliphatic rings. The summed E-state index contributed by atoms with van der Waals surface area (Å²) in [6.07, 6.45) is 0. The molecule has 2 rings (SSSR count). The van der Waals surface area contributed by atoms with Gasteiger partial charge in [-0.3, -0.25) is 4.99 Å². The number of nitrogens with zero attached hydrogens (tertiary/aromatic N) is 3. The number of guanidine groups is 1. The molecule has 0 aliphatic heterocycles. The number of aromatic nitrogens is 1. The van der Waals surface area contributed by atoms with Gasteiger partial charge in [-0.05, 0) is 23.8 Å². The molecule has 0 saturated heterocycles. The summed E-state index contributed by atoms with van der Waals surface area (Å²) in [5.41, 5.74) is 2.60. The average molecular weight is 478 g/mol. The molecular formula is C16H18Cl2IN5. The summed E-state index contributed by atoms with van der Waals surface area (Å²) < 4.78 is 1.82. The Hall–Kier alpha value is -1.43. The lowest BCUT2D eigenvalue weighted by Crippen LogP contribution is -2.36. The molecule has 1 heterocycles. The van der Waals surface area contributed by atoms with Crippen LogP contribution in [0.1, 0.15) is 16.8 Å². The molecule has 0 amide bonds. The van der Waals surface area contributed by atoms with Crippen LogP contribution in [0, 0.1) is 11.3 Å². The van der Waals surface area contributed by atoms with E-state index in [9.17, 15) is 0 Å². The molecule has 5 nitrogen and oxygen atoms in total. The van der Waals surface area contributed by atoms with Gasteiger partial charge in [0, 0.05) is 26.3 Å². The van der Waals surface area contributed by atoms with Gasteiger partial charge in [-0.25, -0.2) is 0 Å².